The van der Waals surface area contributed by atoms with E-state index >= 15 is 0 Å². The zero-order valence-corrected chi connectivity index (χ0v) is 16.0. The highest BCUT2D eigenvalue weighted by molar-refractivity contribution is 8.00. The van der Waals surface area contributed by atoms with Crippen LogP contribution in [0.15, 0.2) is 29.7 Å². The van der Waals surface area contributed by atoms with Crippen LogP contribution < -0.4 is 0 Å². The van der Waals surface area contributed by atoms with Crippen LogP contribution in [0.2, 0.25) is 0 Å². The molecule has 7 heteroatoms. The second-order valence-electron chi connectivity index (χ2n) is 6.74. The minimum Gasteiger partial charge on any atom is -0.336 e. The Morgan fingerprint density at radius 3 is 2.48 bits per heavy atom. The lowest BCUT2D eigenvalue weighted by Crippen LogP contribution is -2.50. The van der Waals surface area contributed by atoms with Gasteiger partial charge in [-0.05, 0) is 52.2 Å². The van der Waals surface area contributed by atoms with Crippen LogP contribution in [0.1, 0.15) is 40.0 Å². The van der Waals surface area contributed by atoms with E-state index in [1.54, 1.807) is 12.4 Å². The van der Waals surface area contributed by atoms with Gasteiger partial charge in [-0.15, -0.1) is 10.2 Å². The predicted molar refractivity (Wildman–Crippen MR) is 99.2 cm³/mol. The van der Waals surface area contributed by atoms with Crippen LogP contribution in [0.25, 0.3) is 11.4 Å². The molecule has 1 aliphatic heterocycles. The standard InChI is InChI=1S/C18H25N5OS/c1-12-6-5-7-13(2)23(12)17(24)14(3)25-18-21-20-16(22(18)4)15-8-10-19-11-9-15/h8-14H,5-7H2,1-4H3/t12-,13-,14-/m1/s1. The first-order valence-electron chi connectivity index (χ1n) is 8.77. The molecule has 3 rings (SSSR count). The van der Waals surface area contributed by atoms with Gasteiger partial charge in [0.25, 0.3) is 0 Å². The van der Waals surface area contributed by atoms with E-state index in [0.29, 0.717) is 12.1 Å². The zero-order chi connectivity index (χ0) is 18.0. The highest BCUT2D eigenvalue weighted by Gasteiger charge is 2.32. The van der Waals surface area contributed by atoms with Crippen LogP contribution in [-0.4, -0.2) is 47.9 Å². The average molecular weight is 359 g/mol. The summed E-state index contributed by atoms with van der Waals surface area (Å²) in [4.78, 5) is 19.0. The summed E-state index contributed by atoms with van der Waals surface area (Å²) < 4.78 is 1.94. The molecule has 134 valence electrons. The van der Waals surface area contributed by atoms with Crippen molar-refractivity contribution in [2.24, 2.45) is 7.05 Å². The van der Waals surface area contributed by atoms with Crippen molar-refractivity contribution in [3.63, 3.8) is 0 Å². The number of amides is 1. The lowest BCUT2D eigenvalue weighted by Gasteiger charge is -2.40. The lowest BCUT2D eigenvalue weighted by molar-refractivity contribution is -0.136. The highest BCUT2D eigenvalue weighted by atomic mass is 32.2. The van der Waals surface area contributed by atoms with Gasteiger partial charge in [0.1, 0.15) is 0 Å². The molecule has 2 aromatic rings. The molecule has 3 heterocycles. The molecule has 3 atom stereocenters. The number of carbonyl (C=O) groups excluding carboxylic acids is 1. The normalized spacial score (nSPS) is 22.0. The Kier molecular flexibility index (Phi) is 5.42. The zero-order valence-electron chi connectivity index (χ0n) is 15.2. The average Bonchev–Trinajstić information content (AvgIpc) is 2.96. The molecule has 25 heavy (non-hydrogen) atoms. The lowest BCUT2D eigenvalue weighted by atomic mass is 9.97. The highest BCUT2D eigenvalue weighted by Crippen LogP contribution is 2.29. The molecule has 1 amide bonds. The van der Waals surface area contributed by atoms with Crippen molar-refractivity contribution < 1.29 is 4.79 Å². The topological polar surface area (TPSA) is 63.9 Å². The summed E-state index contributed by atoms with van der Waals surface area (Å²) in [5.74, 6) is 0.974. The SMILES string of the molecule is C[C@@H]1CCC[C@@H](C)N1C(=O)[C@@H](C)Sc1nnc(-c2ccncc2)n1C. The Labute approximate surface area is 153 Å². The first-order valence-corrected chi connectivity index (χ1v) is 9.65. The maximum absolute atomic E-state index is 13.0. The van der Waals surface area contributed by atoms with Crippen LogP contribution in [0.4, 0.5) is 0 Å². The number of thioether (sulfide) groups is 1. The van der Waals surface area contributed by atoms with E-state index in [1.165, 1.54) is 18.2 Å². The van der Waals surface area contributed by atoms with E-state index in [1.807, 2.05) is 30.7 Å². The van der Waals surface area contributed by atoms with Gasteiger partial charge in [-0.1, -0.05) is 11.8 Å². The number of pyridine rings is 1. The summed E-state index contributed by atoms with van der Waals surface area (Å²) in [6.07, 6.45) is 6.85. The van der Waals surface area contributed by atoms with E-state index in [9.17, 15) is 4.79 Å². The minimum atomic E-state index is -0.184. The van der Waals surface area contributed by atoms with Crippen LogP contribution in [0.5, 0.6) is 0 Å². The largest absolute Gasteiger partial charge is 0.336 e. The van der Waals surface area contributed by atoms with Gasteiger partial charge in [-0.25, -0.2) is 0 Å². The Hall–Kier alpha value is -1.89. The Morgan fingerprint density at radius 2 is 1.84 bits per heavy atom. The summed E-state index contributed by atoms with van der Waals surface area (Å²) >= 11 is 1.47. The maximum Gasteiger partial charge on any atom is 0.236 e. The monoisotopic (exact) mass is 359 g/mol. The molecule has 0 aromatic carbocycles. The summed E-state index contributed by atoms with van der Waals surface area (Å²) in [5.41, 5.74) is 0.967. The van der Waals surface area contributed by atoms with E-state index in [0.717, 1.165) is 29.4 Å². The van der Waals surface area contributed by atoms with Gasteiger partial charge in [0.2, 0.25) is 5.91 Å². The first kappa shape index (κ1) is 17.9. The third kappa shape index (κ3) is 3.71. The molecule has 1 saturated heterocycles. The number of aromatic nitrogens is 4. The molecule has 6 nitrogen and oxygen atoms in total. The molecule has 0 spiro atoms. The molecule has 0 N–H and O–H groups in total. The fraction of sp³-hybridized carbons (Fsp3) is 0.556. The fourth-order valence-corrected chi connectivity index (χ4v) is 4.32. The number of nitrogens with zero attached hydrogens (tertiary/aromatic N) is 5. The minimum absolute atomic E-state index is 0.184. The van der Waals surface area contributed by atoms with E-state index in [2.05, 4.69) is 33.9 Å². The molecule has 0 unspecified atom stereocenters. The van der Waals surface area contributed by atoms with E-state index in [4.69, 9.17) is 0 Å². The first-order chi connectivity index (χ1) is 12.0. The molecular formula is C18H25N5OS. The van der Waals surface area contributed by atoms with Crippen molar-refractivity contribution in [2.45, 2.75) is 62.5 Å². The Balaban J connectivity index is 1.74. The second kappa shape index (κ2) is 7.56. The van der Waals surface area contributed by atoms with E-state index in [-0.39, 0.29) is 11.2 Å². The van der Waals surface area contributed by atoms with Crippen LogP contribution >= 0.6 is 11.8 Å². The quantitative estimate of drug-likeness (QED) is 0.785. The molecule has 0 saturated carbocycles. The summed E-state index contributed by atoms with van der Waals surface area (Å²) in [5, 5.41) is 9.13. The Morgan fingerprint density at radius 1 is 1.20 bits per heavy atom. The van der Waals surface area contributed by atoms with Crippen LogP contribution in [-0.2, 0) is 11.8 Å². The number of piperidine rings is 1. The van der Waals surface area contributed by atoms with Crippen molar-refractivity contribution in [1.82, 2.24) is 24.6 Å². The molecule has 0 bridgehead atoms. The summed E-state index contributed by atoms with van der Waals surface area (Å²) in [6.45, 7) is 6.26. The van der Waals surface area contributed by atoms with Gasteiger partial charge in [-0.3, -0.25) is 9.78 Å². The molecule has 1 fully saturated rings. The molecule has 0 aliphatic carbocycles. The fourth-order valence-electron chi connectivity index (χ4n) is 3.44. The second-order valence-corrected chi connectivity index (χ2v) is 8.04. The summed E-state index contributed by atoms with van der Waals surface area (Å²) in [7, 11) is 1.93. The van der Waals surface area contributed by atoms with Crippen molar-refractivity contribution >= 4 is 17.7 Å². The third-order valence-corrected chi connectivity index (χ3v) is 5.97. The number of rotatable bonds is 4. The van der Waals surface area contributed by atoms with Gasteiger partial charge in [0.15, 0.2) is 11.0 Å². The molecule has 0 radical (unpaired) electrons. The van der Waals surface area contributed by atoms with Crippen LogP contribution in [0.3, 0.4) is 0 Å². The number of hydrogen-bond donors (Lipinski definition) is 0. The Bertz CT molecular complexity index is 722. The van der Waals surface area contributed by atoms with Gasteiger partial charge in [-0.2, -0.15) is 0 Å². The van der Waals surface area contributed by atoms with Crippen molar-refractivity contribution in [2.75, 3.05) is 0 Å². The third-order valence-electron chi connectivity index (χ3n) is 4.85. The van der Waals surface area contributed by atoms with Gasteiger partial charge >= 0.3 is 0 Å². The predicted octanol–water partition coefficient (Wildman–Crippen LogP) is 3.15. The van der Waals surface area contributed by atoms with Gasteiger partial charge < -0.3 is 9.47 Å². The molecular weight excluding hydrogens is 334 g/mol. The van der Waals surface area contributed by atoms with Gasteiger partial charge in [0.05, 0.1) is 5.25 Å². The summed E-state index contributed by atoms with van der Waals surface area (Å²) in [6, 6.07) is 4.44. The smallest absolute Gasteiger partial charge is 0.236 e. The maximum atomic E-state index is 13.0. The number of likely N-dealkylation sites (tertiary alicyclic amines) is 1. The van der Waals surface area contributed by atoms with Gasteiger partial charge in [0, 0.05) is 37.1 Å². The van der Waals surface area contributed by atoms with Crippen LogP contribution in [0, 0.1) is 0 Å². The molecule has 1 aliphatic rings. The molecule has 2 aromatic heterocycles. The number of hydrogen-bond acceptors (Lipinski definition) is 5. The van der Waals surface area contributed by atoms with E-state index < -0.39 is 0 Å². The van der Waals surface area contributed by atoms with Crippen molar-refractivity contribution in [3.8, 4) is 11.4 Å². The van der Waals surface area contributed by atoms with Crippen molar-refractivity contribution in [1.29, 1.82) is 0 Å². The van der Waals surface area contributed by atoms with Crippen molar-refractivity contribution in [3.05, 3.63) is 24.5 Å². The number of carbonyl (C=O) groups is 1.